The molecule has 3 aromatic rings. The van der Waals surface area contributed by atoms with E-state index >= 15 is 0 Å². The molecule has 2 N–H and O–H groups in total. The van der Waals surface area contributed by atoms with Gasteiger partial charge in [-0.2, -0.15) is 0 Å². The van der Waals surface area contributed by atoms with Gasteiger partial charge in [0.2, 0.25) is 0 Å². The lowest BCUT2D eigenvalue weighted by Gasteiger charge is -2.23. The zero-order chi connectivity index (χ0) is 19.9. The summed E-state index contributed by atoms with van der Waals surface area (Å²) in [5.74, 6) is -0.385. The van der Waals surface area contributed by atoms with Crippen LogP contribution in [0.5, 0.6) is 0 Å². The minimum Gasteiger partial charge on any atom is -0.465 e. The average Bonchev–Trinajstić information content (AvgIpc) is 2.73. The summed E-state index contributed by atoms with van der Waals surface area (Å²) in [6.07, 6.45) is 0. The number of aryl methyl sites for hydroxylation is 1. The van der Waals surface area contributed by atoms with E-state index in [0.717, 1.165) is 16.8 Å². The second-order valence-corrected chi connectivity index (χ2v) is 6.78. The summed E-state index contributed by atoms with van der Waals surface area (Å²) in [6.45, 7) is 2.09. The van der Waals surface area contributed by atoms with Crippen LogP contribution in [0, 0.1) is 6.92 Å². The molecular formula is C23H22N2O2S. The lowest BCUT2D eigenvalue weighted by atomic mass is 9.95. The fraction of sp³-hybridized carbons (Fsp3) is 0.130. The number of methoxy groups -OCH3 is 1. The van der Waals surface area contributed by atoms with Crippen molar-refractivity contribution in [2.75, 3.05) is 12.4 Å². The SMILES string of the molecule is COC(=O)c1cccc(NC(=S)NC(c2ccccc2)c2ccccc2C)c1. The van der Waals surface area contributed by atoms with Gasteiger partial charge in [-0.15, -0.1) is 0 Å². The molecular weight excluding hydrogens is 368 g/mol. The molecule has 0 aromatic heterocycles. The number of hydrogen-bond acceptors (Lipinski definition) is 3. The summed E-state index contributed by atoms with van der Waals surface area (Å²) in [4.78, 5) is 11.7. The zero-order valence-corrected chi connectivity index (χ0v) is 16.6. The second kappa shape index (κ2) is 9.15. The third-order valence-corrected chi connectivity index (χ3v) is 4.67. The van der Waals surface area contributed by atoms with Gasteiger partial charge in [0.1, 0.15) is 0 Å². The van der Waals surface area contributed by atoms with E-state index in [1.807, 2.05) is 36.4 Å². The minimum absolute atomic E-state index is 0.0915. The molecule has 0 spiro atoms. The topological polar surface area (TPSA) is 50.4 Å². The number of carbonyl (C=O) groups excluding carboxylic acids is 1. The van der Waals surface area contributed by atoms with Crippen LogP contribution in [-0.2, 0) is 4.74 Å². The van der Waals surface area contributed by atoms with Gasteiger partial charge in [-0.25, -0.2) is 4.79 Å². The van der Waals surface area contributed by atoms with Gasteiger partial charge in [-0.1, -0.05) is 60.7 Å². The number of ether oxygens (including phenoxy) is 1. The fourth-order valence-electron chi connectivity index (χ4n) is 3.04. The number of nitrogens with one attached hydrogen (secondary N) is 2. The molecule has 28 heavy (non-hydrogen) atoms. The molecule has 3 aromatic carbocycles. The molecule has 3 rings (SSSR count). The van der Waals surface area contributed by atoms with Crippen molar-refractivity contribution in [3.63, 3.8) is 0 Å². The van der Waals surface area contributed by atoms with Crippen LogP contribution in [0.2, 0.25) is 0 Å². The van der Waals surface area contributed by atoms with Crippen molar-refractivity contribution in [3.05, 3.63) is 101 Å². The summed E-state index contributed by atoms with van der Waals surface area (Å²) < 4.78 is 4.77. The van der Waals surface area contributed by atoms with Crippen molar-refractivity contribution < 1.29 is 9.53 Å². The number of rotatable bonds is 5. The van der Waals surface area contributed by atoms with Gasteiger partial charge in [0, 0.05) is 5.69 Å². The monoisotopic (exact) mass is 390 g/mol. The van der Waals surface area contributed by atoms with Crippen LogP contribution < -0.4 is 10.6 Å². The quantitative estimate of drug-likeness (QED) is 0.481. The number of carbonyl (C=O) groups is 1. The van der Waals surface area contributed by atoms with E-state index in [2.05, 4.69) is 41.8 Å². The number of hydrogen-bond donors (Lipinski definition) is 2. The van der Waals surface area contributed by atoms with E-state index in [1.54, 1.807) is 18.2 Å². The first kappa shape index (κ1) is 19.6. The van der Waals surface area contributed by atoms with Gasteiger partial charge in [0.15, 0.2) is 5.11 Å². The highest BCUT2D eigenvalue weighted by Crippen LogP contribution is 2.25. The van der Waals surface area contributed by atoms with Crippen molar-refractivity contribution in [1.82, 2.24) is 5.32 Å². The van der Waals surface area contributed by atoms with Crippen LogP contribution in [0.3, 0.4) is 0 Å². The Hall–Kier alpha value is -3.18. The Morgan fingerprint density at radius 1 is 0.964 bits per heavy atom. The van der Waals surface area contributed by atoms with Gasteiger partial charge >= 0.3 is 5.97 Å². The minimum atomic E-state index is -0.385. The Morgan fingerprint density at radius 2 is 1.68 bits per heavy atom. The van der Waals surface area contributed by atoms with Crippen LogP contribution in [-0.4, -0.2) is 18.2 Å². The number of esters is 1. The Kier molecular flexibility index (Phi) is 6.40. The molecule has 0 aliphatic heterocycles. The highest BCUT2D eigenvalue weighted by molar-refractivity contribution is 7.80. The summed E-state index contributed by atoms with van der Waals surface area (Å²) in [7, 11) is 1.36. The van der Waals surface area contributed by atoms with Crippen LogP contribution >= 0.6 is 12.2 Å². The Labute approximate surface area is 170 Å². The Balaban J connectivity index is 1.83. The standard InChI is InChI=1S/C23H22N2O2S/c1-16-9-6-7-14-20(16)21(17-10-4-3-5-11-17)25-23(28)24-19-13-8-12-18(15-19)22(26)27-2/h3-15,21H,1-2H3,(H2,24,25,28). The molecule has 5 heteroatoms. The third-order valence-electron chi connectivity index (χ3n) is 4.45. The van der Waals surface area contributed by atoms with Gasteiger partial charge < -0.3 is 15.4 Å². The largest absolute Gasteiger partial charge is 0.465 e. The maximum absolute atomic E-state index is 11.7. The van der Waals surface area contributed by atoms with Gasteiger partial charge in [0.05, 0.1) is 18.7 Å². The molecule has 0 aliphatic carbocycles. The fourth-order valence-corrected chi connectivity index (χ4v) is 3.27. The first-order valence-corrected chi connectivity index (χ1v) is 9.35. The van der Waals surface area contributed by atoms with E-state index < -0.39 is 0 Å². The number of benzene rings is 3. The summed E-state index contributed by atoms with van der Waals surface area (Å²) in [6, 6.07) is 25.4. The lowest BCUT2D eigenvalue weighted by molar-refractivity contribution is 0.0601. The van der Waals surface area contributed by atoms with Crippen molar-refractivity contribution in [2.45, 2.75) is 13.0 Å². The van der Waals surface area contributed by atoms with Crippen LogP contribution in [0.15, 0.2) is 78.9 Å². The predicted octanol–water partition coefficient (Wildman–Crippen LogP) is 4.86. The molecule has 1 unspecified atom stereocenters. The molecule has 1 atom stereocenters. The Bertz CT molecular complexity index is 973. The summed E-state index contributed by atoms with van der Waals surface area (Å²) in [5, 5.41) is 7.04. The Morgan fingerprint density at radius 3 is 2.39 bits per heavy atom. The van der Waals surface area contributed by atoms with E-state index in [0.29, 0.717) is 10.7 Å². The third kappa shape index (κ3) is 4.75. The summed E-state index contributed by atoms with van der Waals surface area (Å²) in [5.41, 5.74) is 4.63. The highest BCUT2D eigenvalue weighted by atomic mass is 32.1. The average molecular weight is 391 g/mol. The van der Waals surface area contributed by atoms with Crippen molar-refractivity contribution in [3.8, 4) is 0 Å². The second-order valence-electron chi connectivity index (χ2n) is 6.37. The van der Waals surface area contributed by atoms with Crippen LogP contribution in [0.1, 0.15) is 33.1 Å². The van der Waals surface area contributed by atoms with E-state index in [4.69, 9.17) is 17.0 Å². The normalized spacial score (nSPS) is 11.4. The maximum atomic E-state index is 11.7. The van der Waals surface area contributed by atoms with Crippen molar-refractivity contribution in [1.29, 1.82) is 0 Å². The molecule has 0 amide bonds. The zero-order valence-electron chi connectivity index (χ0n) is 15.8. The van der Waals surface area contributed by atoms with Gasteiger partial charge in [-0.3, -0.25) is 0 Å². The van der Waals surface area contributed by atoms with Crippen LogP contribution in [0.4, 0.5) is 5.69 Å². The predicted molar refractivity (Wildman–Crippen MR) is 117 cm³/mol. The van der Waals surface area contributed by atoms with Crippen LogP contribution in [0.25, 0.3) is 0 Å². The molecule has 0 bridgehead atoms. The van der Waals surface area contributed by atoms with Gasteiger partial charge in [0.25, 0.3) is 0 Å². The maximum Gasteiger partial charge on any atom is 0.337 e. The molecule has 0 aliphatic rings. The molecule has 142 valence electrons. The van der Waals surface area contributed by atoms with E-state index in [1.165, 1.54) is 12.7 Å². The number of thiocarbonyl (C=S) groups is 1. The number of anilines is 1. The van der Waals surface area contributed by atoms with Gasteiger partial charge in [-0.05, 0) is 54.0 Å². The molecule has 0 heterocycles. The first-order chi connectivity index (χ1) is 13.6. The van der Waals surface area contributed by atoms with Crippen molar-refractivity contribution in [2.24, 2.45) is 0 Å². The molecule has 0 saturated heterocycles. The molecule has 0 radical (unpaired) electrons. The highest BCUT2D eigenvalue weighted by Gasteiger charge is 2.17. The smallest absolute Gasteiger partial charge is 0.337 e. The van der Waals surface area contributed by atoms with Crippen molar-refractivity contribution >= 4 is 29.0 Å². The lowest BCUT2D eigenvalue weighted by Crippen LogP contribution is -2.33. The molecule has 4 nitrogen and oxygen atoms in total. The van der Waals surface area contributed by atoms with E-state index in [9.17, 15) is 4.79 Å². The van der Waals surface area contributed by atoms with E-state index in [-0.39, 0.29) is 12.0 Å². The molecule has 0 fully saturated rings. The molecule has 0 saturated carbocycles. The first-order valence-electron chi connectivity index (χ1n) is 8.95. The summed E-state index contributed by atoms with van der Waals surface area (Å²) >= 11 is 5.55.